The van der Waals surface area contributed by atoms with E-state index >= 15 is 0 Å². The molecule has 1 saturated carbocycles. The van der Waals surface area contributed by atoms with Crippen LogP contribution in [0.2, 0.25) is 0 Å². The highest BCUT2D eigenvalue weighted by Gasteiger charge is 2.62. The first kappa shape index (κ1) is 11.0. The number of rotatable bonds is 0. The third kappa shape index (κ3) is 1.20. The second-order valence-electron chi connectivity index (χ2n) is 6.00. The van der Waals surface area contributed by atoms with Crippen LogP contribution in [-0.4, -0.2) is 29.4 Å². The molecule has 0 aromatic carbocycles. The molecular formula is C14H19NO3. The van der Waals surface area contributed by atoms with Crippen LogP contribution in [0, 0.1) is 5.41 Å². The molecule has 0 aromatic rings. The SMILES string of the molecule is O=C1N2OCCC[C@]23C=C[C@@H](O3)C12CCCCC2. The largest absolute Gasteiger partial charge is 0.341 e. The van der Waals surface area contributed by atoms with Crippen LogP contribution in [0.4, 0.5) is 0 Å². The predicted molar refractivity (Wildman–Crippen MR) is 64.3 cm³/mol. The fourth-order valence-electron chi connectivity index (χ4n) is 4.02. The highest BCUT2D eigenvalue weighted by atomic mass is 16.7. The Hall–Kier alpha value is -0.870. The Labute approximate surface area is 107 Å². The van der Waals surface area contributed by atoms with E-state index in [0.29, 0.717) is 6.61 Å². The monoisotopic (exact) mass is 249 g/mol. The number of carbonyl (C=O) groups excluding carboxylic acids is 1. The maximum Gasteiger partial charge on any atom is 0.258 e. The average molecular weight is 249 g/mol. The zero-order valence-corrected chi connectivity index (χ0v) is 10.6. The molecule has 0 unspecified atom stereocenters. The molecule has 3 heterocycles. The fraction of sp³-hybridized carbons (Fsp3) is 0.786. The minimum Gasteiger partial charge on any atom is -0.341 e. The summed E-state index contributed by atoms with van der Waals surface area (Å²) in [4.78, 5) is 18.5. The van der Waals surface area contributed by atoms with Gasteiger partial charge in [0.1, 0.15) is 0 Å². The number of hydrogen-bond acceptors (Lipinski definition) is 3. The van der Waals surface area contributed by atoms with Gasteiger partial charge in [-0.1, -0.05) is 25.3 Å². The van der Waals surface area contributed by atoms with Crippen molar-refractivity contribution in [1.29, 1.82) is 0 Å². The van der Waals surface area contributed by atoms with Crippen molar-refractivity contribution in [1.82, 2.24) is 5.06 Å². The Morgan fingerprint density at radius 1 is 1.17 bits per heavy atom. The summed E-state index contributed by atoms with van der Waals surface area (Å²) in [5, 5.41) is 1.56. The molecule has 3 aliphatic heterocycles. The minimum absolute atomic E-state index is 0.0248. The first-order valence-electron chi connectivity index (χ1n) is 7.12. The molecule has 98 valence electrons. The van der Waals surface area contributed by atoms with E-state index in [4.69, 9.17) is 9.57 Å². The summed E-state index contributed by atoms with van der Waals surface area (Å²) >= 11 is 0. The molecular weight excluding hydrogens is 230 g/mol. The van der Waals surface area contributed by atoms with E-state index in [1.165, 1.54) is 6.42 Å². The number of nitrogens with zero attached hydrogens (tertiary/aromatic N) is 1. The van der Waals surface area contributed by atoms with Gasteiger partial charge in [-0.2, -0.15) is 5.06 Å². The first-order valence-corrected chi connectivity index (χ1v) is 7.12. The molecule has 2 atom stereocenters. The van der Waals surface area contributed by atoms with Gasteiger partial charge in [0.05, 0.1) is 18.1 Å². The molecule has 4 aliphatic rings. The van der Waals surface area contributed by atoms with E-state index < -0.39 is 5.72 Å². The van der Waals surface area contributed by atoms with Crippen LogP contribution in [0.25, 0.3) is 0 Å². The van der Waals surface area contributed by atoms with Crippen molar-refractivity contribution in [3.8, 4) is 0 Å². The van der Waals surface area contributed by atoms with Gasteiger partial charge >= 0.3 is 0 Å². The lowest BCUT2D eigenvalue weighted by Crippen LogP contribution is -2.65. The standard InChI is InChI=1S/C14H19NO3/c16-12-13(6-2-1-3-7-13)11-5-9-14(18-11)8-4-10-17-15(12)14/h5,9,11H,1-4,6-8,10H2/t11-,14+/m1/s1. The van der Waals surface area contributed by atoms with Crippen LogP contribution in [0.1, 0.15) is 44.9 Å². The molecule has 2 spiro atoms. The summed E-state index contributed by atoms with van der Waals surface area (Å²) in [5.41, 5.74) is -0.922. The molecule has 4 rings (SSSR count). The van der Waals surface area contributed by atoms with Crippen LogP contribution in [0.3, 0.4) is 0 Å². The molecule has 0 aromatic heterocycles. The lowest BCUT2D eigenvalue weighted by molar-refractivity contribution is -0.333. The van der Waals surface area contributed by atoms with Crippen molar-refractivity contribution >= 4 is 5.91 Å². The van der Waals surface area contributed by atoms with E-state index in [1.807, 2.05) is 0 Å². The molecule has 18 heavy (non-hydrogen) atoms. The summed E-state index contributed by atoms with van der Waals surface area (Å²) < 4.78 is 6.22. The van der Waals surface area contributed by atoms with Crippen molar-refractivity contribution in [2.24, 2.45) is 5.41 Å². The third-order valence-electron chi connectivity index (χ3n) is 5.01. The average Bonchev–Trinajstić information content (AvgIpc) is 2.81. The Morgan fingerprint density at radius 2 is 2.00 bits per heavy atom. The Balaban J connectivity index is 1.76. The van der Waals surface area contributed by atoms with Crippen molar-refractivity contribution < 1.29 is 14.4 Å². The third-order valence-corrected chi connectivity index (χ3v) is 5.01. The van der Waals surface area contributed by atoms with Gasteiger partial charge in [0.15, 0.2) is 5.72 Å². The Kier molecular flexibility index (Phi) is 2.19. The first-order chi connectivity index (χ1) is 8.77. The summed E-state index contributed by atoms with van der Waals surface area (Å²) in [7, 11) is 0. The number of carbonyl (C=O) groups is 1. The zero-order chi connectivity index (χ0) is 12.2. The molecule has 0 radical (unpaired) electrons. The lowest BCUT2D eigenvalue weighted by Gasteiger charge is -2.53. The van der Waals surface area contributed by atoms with Crippen molar-refractivity contribution in [2.45, 2.75) is 56.8 Å². The highest BCUT2D eigenvalue weighted by molar-refractivity contribution is 5.85. The van der Waals surface area contributed by atoms with Crippen LogP contribution in [0.15, 0.2) is 12.2 Å². The number of fused-ring (bicyclic) bond motifs is 2. The van der Waals surface area contributed by atoms with E-state index in [1.54, 1.807) is 5.06 Å². The second-order valence-corrected chi connectivity index (χ2v) is 6.00. The number of hydrogen-bond donors (Lipinski definition) is 0. The van der Waals surface area contributed by atoms with Crippen LogP contribution in [-0.2, 0) is 14.4 Å². The lowest BCUT2D eigenvalue weighted by atomic mass is 9.69. The zero-order valence-electron chi connectivity index (χ0n) is 10.6. The van der Waals surface area contributed by atoms with Gasteiger partial charge in [-0.25, -0.2) is 0 Å². The molecule has 0 N–H and O–H groups in total. The highest BCUT2D eigenvalue weighted by Crippen LogP contribution is 2.53. The summed E-state index contributed by atoms with van der Waals surface area (Å²) in [6, 6.07) is 0. The van der Waals surface area contributed by atoms with E-state index in [0.717, 1.165) is 38.5 Å². The van der Waals surface area contributed by atoms with Crippen molar-refractivity contribution in [3.63, 3.8) is 0 Å². The van der Waals surface area contributed by atoms with Gasteiger partial charge in [0.25, 0.3) is 5.91 Å². The van der Waals surface area contributed by atoms with E-state index in [-0.39, 0.29) is 17.4 Å². The topological polar surface area (TPSA) is 38.8 Å². The van der Waals surface area contributed by atoms with Gasteiger partial charge in [-0.3, -0.25) is 9.63 Å². The van der Waals surface area contributed by atoms with Gasteiger partial charge in [-0.15, -0.1) is 0 Å². The normalized spacial score (nSPS) is 41.2. The van der Waals surface area contributed by atoms with Crippen LogP contribution < -0.4 is 0 Å². The summed E-state index contributed by atoms with van der Waals surface area (Å²) in [6.45, 7) is 0.630. The number of ether oxygens (including phenoxy) is 1. The maximum atomic E-state index is 12.9. The maximum absolute atomic E-state index is 12.9. The molecule has 4 heteroatoms. The molecule has 1 aliphatic carbocycles. The molecule has 4 nitrogen and oxygen atoms in total. The molecule has 2 bridgehead atoms. The number of hydroxylamine groups is 2. The second kappa shape index (κ2) is 3.58. The smallest absolute Gasteiger partial charge is 0.258 e. The molecule has 1 amide bonds. The van der Waals surface area contributed by atoms with Crippen molar-refractivity contribution in [2.75, 3.05) is 6.61 Å². The quantitative estimate of drug-likeness (QED) is 0.617. The Morgan fingerprint density at radius 3 is 2.83 bits per heavy atom. The van der Waals surface area contributed by atoms with Crippen LogP contribution in [0.5, 0.6) is 0 Å². The fourth-order valence-corrected chi connectivity index (χ4v) is 4.02. The summed E-state index contributed by atoms with van der Waals surface area (Å²) in [5.74, 6) is 0.170. The van der Waals surface area contributed by atoms with E-state index in [2.05, 4.69) is 12.2 Å². The van der Waals surface area contributed by atoms with Gasteiger partial charge in [0.2, 0.25) is 0 Å². The molecule has 2 saturated heterocycles. The van der Waals surface area contributed by atoms with Crippen molar-refractivity contribution in [3.05, 3.63) is 12.2 Å². The van der Waals surface area contributed by atoms with Gasteiger partial charge in [0, 0.05) is 6.42 Å². The molecule has 3 fully saturated rings. The number of amides is 1. The minimum atomic E-state index is -0.581. The summed E-state index contributed by atoms with van der Waals surface area (Å²) in [6.07, 6.45) is 11.3. The van der Waals surface area contributed by atoms with Crippen LogP contribution >= 0.6 is 0 Å². The Bertz CT molecular complexity index is 413. The predicted octanol–water partition coefficient (Wildman–Crippen LogP) is 2.16. The van der Waals surface area contributed by atoms with Gasteiger partial charge < -0.3 is 4.74 Å². The van der Waals surface area contributed by atoms with E-state index in [9.17, 15) is 4.79 Å². The van der Waals surface area contributed by atoms with Gasteiger partial charge in [-0.05, 0) is 25.3 Å².